The number of aryl methyl sites for hydroxylation is 1. The summed E-state index contributed by atoms with van der Waals surface area (Å²) in [6, 6.07) is 6.36. The zero-order valence-corrected chi connectivity index (χ0v) is 17.6. The van der Waals surface area contributed by atoms with Gasteiger partial charge in [0, 0.05) is 29.6 Å². The van der Waals surface area contributed by atoms with Crippen molar-refractivity contribution in [1.29, 1.82) is 0 Å². The Balaban J connectivity index is 1.84. The van der Waals surface area contributed by atoms with Gasteiger partial charge >= 0.3 is 5.97 Å². The molecule has 3 rings (SSSR count). The minimum Gasteiger partial charge on any atom is -0.487 e. The van der Waals surface area contributed by atoms with Crippen LogP contribution < -0.4 is 10.3 Å². The molecule has 0 atom stereocenters. The van der Waals surface area contributed by atoms with Gasteiger partial charge in [-0.05, 0) is 41.1 Å². The van der Waals surface area contributed by atoms with E-state index in [9.17, 15) is 18.4 Å². The Bertz CT molecular complexity index is 1170. The van der Waals surface area contributed by atoms with E-state index in [0.717, 1.165) is 12.1 Å². The monoisotopic (exact) mass is 479 g/mol. The van der Waals surface area contributed by atoms with E-state index in [1.165, 1.54) is 23.9 Å². The van der Waals surface area contributed by atoms with Crippen molar-refractivity contribution in [3.8, 4) is 5.75 Å². The molecule has 0 fully saturated rings. The molecule has 1 aromatic carbocycles. The maximum absolute atomic E-state index is 13.8. The lowest BCUT2D eigenvalue weighted by Crippen LogP contribution is -2.25. The largest absolute Gasteiger partial charge is 0.487 e. The van der Waals surface area contributed by atoms with Gasteiger partial charge in [-0.3, -0.25) is 4.79 Å². The molecule has 3 aromatic rings. The highest BCUT2D eigenvalue weighted by Crippen LogP contribution is 2.24. The average molecular weight is 480 g/mol. The van der Waals surface area contributed by atoms with E-state index in [1.54, 1.807) is 19.1 Å². The second kappa shape index (κ2) is 9.12. The fourth-order valence-corrected chi connectivity index (χ4v) is 3.09. The summed E-state index contributed by atoms with van der Waals surface area (Å²) < 4.78 is 38.5. The first-order chi connectivity index (χ1) is 14.3. The molecule has 156 valence electrons. The van der Waals surface area contributed by atoms with Crippen molar-refractivity contribution < 1.29 is 23.0 Å². The molecule has 0 saturated heterocycles. The van der Waals surface area contributed by atoms with E-state index >= 15 is 0 Å². The van der Waals surface area contributed by atoms with Crippen LogP contribution in [0.4, 0.5) is 8.78 Å². The molecule has 0 bridgehead atoms. The number of carbonyl (C=O) groups is 1. The molecule has 0 unspecified atom stereocenters. The van der Waals surface area contributed by atoms with Gasteiger partial charge in [-0.15, -0.1) is 0 Å². The highest BCUT2D eigenvalue weighted by molar-refractivity contribution is 9.10. The van der Waals surface area contributed by atoms with Crippen molar-refractivity contribution in [3.63, 3.8) is 0 Å². The summed E-state index contributed by atoms with van der Waals surface area (Å²) in [5.74, 6) is -1.99. The first-order valence-electron chi connectivity index (χ1n) is 8.67. The number of hydrogen-bond donors (Lipinski definition) is 0. The minimum atomic E-state index is -0.735. The third-order valence-corrected chi connectivity index (χ3v) is 4.94. The Kier molecular flexibility index (Phi) is 6.56. The van der Waals surface area contributed by atoms with E-state index in [2.05, 4.69) is 30.6 Å². The SMILES string of the molecule is COC(=O)c1nccc(Cn2c(C)cc(OCc3ccc(F)cc3F)c(Br)c2=O)n1. The van der Waals surface area contributed by atoms with Gasteiger partial charge in [0.15, 0.2) is 0 Å². The fraction of sp³-hybridized carbons (Fsp3) is 0.200. The second-order valence-electron chi connectivity index (χ2n) is 6.24. The van der Waals surface area contributed by atoms with Crippen molar-refractivity contribution in [3.05, 3.63) is 85.8 Å². The number of methoxy groups -OCH3 is 1. The van der Waals surface area contributed by atoms with Gasteiger partial charge in [0.2, 0.25) is 5.82 Å². The summed E-state index contributed by atoms with van der Waals surface area (Å²) in [4.78, 5) is 32.3. The number of benzene rings is 1. The smallest absolute Gasteiger partial charge is 0.376 e. The zero-order chi connectivity index (χ0) is 21.8. The van der Waals surface area contributed by atoms with Crippen LogP contribution >= 0.6 is 15.9 Å². The number of aromatic nitrogens is 3. The van der Waals surface area contributed by atoms with Gasteiger partial charge in [-0.25, -0.2) is 23.5 Å². The summed E-state index contributed by atoms with van der Waals surface area (Å²) in [6.45, 7) is 1.60. The summed E-state index contributed by atoms with van der Waals surface area (Å²) in [5.41, 5.74) is 0.741. The van der Waals surface area contributed by atoms with Gasteiger partial charge < -0.3 is 14.0 Å². The molecule has 0 saturated carbocycles. The first kappa shape index (κ1) is 21.6. The first-order valence-corrected chi connectivity index (χ1v) is 9.46. The third-order valence-electron chi connectivity index (χ3n) is 4.21. The molecule has 0 radical (unpaired) electrons. The molecule has 2 aromatic heterocycles. The molecule has 0 aliphatic heterocycles. The van der Waals surface area contributed by atoms with Gasteiger partial charge in [-0.2, -0.15) is 0 Å². The van der Waals surface area contributed by atoms with Crippen LogP contribution in [0, 0.1) is 18.6 Å². The Hall–Kier alpha value is -3.14. The maximum atomic E-state index is 13.8. The lowest BCUT2D eigenvalue weighted by atomic mass is 10.2. The lowest BCUT2D eigenvalue weighted by Gasteiger charge is -2.14. The number of ether oxygens (including phenoxy) is 2. The highest BCUT2D eigenvalue weighted by Gasteiger charge is 2.15. The average Bonchev–Trinajstić information content (AvgIpc) is 2.73. The Morgan fingerprint density at radius 3 is 2.70 bits per heavy atom. The van der Waals surface area contributed by atoms with Crippen molar-refractivity contribution in [1.82, 2.24) is 14.5 Å². The number of rotatable bonds is 6. The maximum Gasteiger partial charge on any atom is 0.376 e. The predicted octanol–water partition coefficient (Wildman–Crippen LogP) is 3.40. The number of carbonyl (C=O) groups excluding carboxylic acids is 1. The van der Waals surface area contributed by atoms with Crippen molar-refractivity contribution in [2.45, 2.75) is 20.1 Å². The predicted molar refractivity (Wildman–Crippen MR) is 106 cm³/mol. The summed E-state index contributed by atoms with van der Waals surface area (Å²) in [5, 5.41) is 0. The molecule has 0 spiro atoms. The van der Waals surface area contributed by atoms with Crippen LogP contribution in [0.15, 0.2) is 45.8 Å². The van der Waals surface area contributed by atoms with Gasteiger partial charge in [0.1, 0.15) is 28.5 Å². The topological polar surface area (TPSA) is 83.3 Å². The lowest BCUT2D eigenvalue weighted by molar-refractivity contribution is 0.0586. The van der Waals surface area contributed by atoms with Crippen LogP contribution in [0.5, 0.6) is 5.75 Å². The summed E-state index contributed by atoms with van der Waals surface area (Å²) in [6.07, 6.45) is 1.40. The van der Waals surface area contributed by atoms with Crippen LogP contribution in [0.25, 0.3) is 0 Å². The molecule has 0 aliphatic rings. The van der Waals surface area contributed by atoms with Crippen LogP contribution in [0.1, 0.15) is 27.6 Å². The number of nitrogens with zero attached hydrogens (tertiary/aromatic N) is 3. The van der Waals surface area contributed by atoms with Crippen molar-refractivity contribution in [2.24, 2.45) is 0 Å². The summed E-state index contributed by atoms with van der Waals surface area (Å²) in [7, 11) is 1.22. The molecule has 10 heteroatoms. The van der Waals surface area contributed by atoms with E-state index in [4.69, 9.17) is 4.74 Å². The van der Waals surface area contributed by atoms with Crippen molar-refractivity contribution >= 4 is 21.9 Å². The van der Waals surface area contributed by atoms with E-state index in [-0.39, 0.29) is 34.8 Å². The number of esters is 1. The van der Waals surface area contributed by atoms with E-state index in [0.29, 0.717) is 11.4 Å². The highest BCUT2D eigenvalue weighted by atomic mass is 79.9. The van der Waals surface area contributed by atoms with Crippen molar-refractivity contribution in [2.75, 3.05) is 7.11 Å². The van der Waals surface area contributed by atoms with Gasteiger partial charge in [0.05, 0.1) is 19.3 Å². The molecular weight excluding hydrogens is 464 g/mol. The molecule has 0 amide bonds. The zero-order valence-electron chi connectivity index (χ0n) is 16.0. The van der Waals surface area contributed by atoms with Crippen LogP contribution in [0.3, 0.4) is 0 Å². The molecule has 30 heavy (non-hydrogen) atoms. The van der Waals surface area contributed by atoms with Crippen LogP contribution in [0.2, 0.25) is 0 Å². The molecule has 2 heterocycles. The molecule has 0 N–H and O–H groups in total. The van der Waals surface area contributed by atoms with E-state index < -0.39 is 23.2 Å². The number of halogens is 3. The normalized spacial score (nSPS) is 10.7. The number of hydrogen-bond acceptors (Lipinski definition) is 6. The summed E-state index contributed by atoms with van der Waals surface area (Å²) >= 11 is 3.21. The fourth-order valence-electron chi connectivity index (χ4n) is 2.65. The third kappa shape index (κ3) is 4.70. The van der Waals surface area contributed by atoms with Gasteiger partial charge in [-0.1, -0.05) is 0 Å². The van der Waals surface area contributed by atoms with E-state index in [1.807, 2.05) is 0 Å². The molecular formula is C20H16BrF2N3O4. The van der Waals surface area contributed by atoms with Crippen LogP contribution in [-0.2, 0) is 17.9 Å². The number of pyridine rings is 1. The standard InChI is InChI=1S/C20H16BrF2N3O4/c1-11-7-16(30-10-12-3-4-13(22)8-15(12)23)17(21)19(27)26(11)9-14-5-6-24-18(25-14)20(28)29-2/h3-8H,9-10H2,1-2H3. The van der Waals surface area contributed by atoms with Crippen LogP contribution in [-0.4, -0.2) is 27.6 Å². The Morgan fingerprint density at radius 1 is 1.23 bits per heavy atom. The molecule has 7 nitrogen and oxygen atoms in total. The Morgan fingerprint density at radius 2 is 2.00 bits per heavy atom. The quantitative estimate of drug-likeness (QED) is 0.503. The molecule has 0 aliphatic carbocycles. The Labute approximate surface area is 178 Å². The minimum absolute atomic E-state index is 0.0860. The second-order valence-corrected chi connectivity index (χ2v) is 7.04. The van der Waals surface area contributed by atoms with Gasteiger partial charge in [0.25, 0.3) is 5.56 Å².